The van der Waals surface area contributed by atoms with E-state index in [0.717, 1.165) is 38.6 Å². The molecule has 0 aromatic carbocycles. The van der Waals surface area contributed by atoms with Crippen LogP contribution in [0.1, 0.15) is 45.4 Å². The van der Waals surface area contributed by atoms with Gasteiger partial charge in [-0.3, -0.25) is 9.59 Å². The fraction of sp³-hybridized carbons (Fsp3) is 0.875. The number of nitrogens with zero attached hydrogens (tertiary/aromatic N) is 2. The summed E-state index contributed by atoms with van der Waals surface area (Å²) >= 11 is 0. The molecule has 0 aromatic rings. The molecular weight excluding hydrogens is 266 g/mol. The third-order valence-electron chi connectivity index (χ3n) is 5.66. The molecule has 2 N–H and O–H groups in total. The summed E-state index contributed by atoms with van der Waals surface area (Å²) in [7, 11) is 0. The van der Waals surface area contributed by atoms with Crippen LogP contribution in [0.25, 0.3) is 0 Å². The molecular formula is C16H27N3O2. The van der Waals surface area contributed by atoms with Gasteiger partial charge in [0, 0.05) is 44.1 Å². The zero-order valence-electron chi connectivity index (χ0n) is 13.0. The van der Waals surface area contributed by atoms with Gasteiger partial charge < -0.3 is 15.5 Å². The van der Waals surface area contributed by atoms with Crippen molar-refractivity contribution in [2.75, 3.05) is 19.6 Å². The lowest BCUT2D eigenvalue weighted by molar-refractivity contribution is -0.143. The van der Waals surface area contributed by atoms with Crippen molar-refractivity contribution >= 4 is 11.8 Å². The lowest BCUT2D eigenvalue weighted by Crippen LogP contribution is -2.54. The van der Waals surface area contributed by atoms with Crippen molar-refractivity contribution in [2.45, 2.75) is 57.5 Å². The molecule has 4 unspecified atom stereocenters. The normalized spacial score (nSPS) is 34.8. The van der Waals surface area contributed by atoms with Gasteiger partial charge in [-0.2, -0.15) is 0 Å². The van der Waals surface area contributed by atoms with Crippen LogP contribution in [0.2, 0.25) is 0 Å². The average molecular weight is 293 g/mol. The molecule has 118 valence electrons. The topological polar surface area (TPSA) is 66.6 Å². The molecule has 2 saturated heterocycles. The zero-order chi connectivity index (χ0) is 15.0. The van der Waals surface area contributed by atoms with Crippen molar-refractivity contribution in [3.8, 4) is 0 Å². The first-order valence-corrected chi connectivity index (χ1v) is 8.40. The van der Waals surface area contributed by atoms with Gasteiger partial charge in [0.15, 0.2) is 0 Å². The van der Waals surface area contributed by atoms with Crippen LogP contribution in [-0.4, -0.2) is 53.3 Å². The molecule has 0 radical (unpaired) electrons. The zero-order valence-corrected chi connectivity index (χ0v) is 13.0. The predicted octanol–water partition coefficient (Wildman–Crippen LogP) is 0.973. The SMILES string of the molecule is CC(C(=O)N1CCN2C(=O)CCC2C1)C1CCCC(N)C1. The molecule has 3 aliphatic rings. The fourth-order valence-electron chi connectivity index (χ4n) is 4.28. The van der Waals surface area contributed by atoms with Crippen molar-refractivity contribution < 1.29 is 9.59 Å². The predicted molar refractivity (Wildman–Crippen MR) is 80.4 cm³/mol. The maximum Gasteiger partial charge on any atom is 0.225 e. The number of carbonyl (C=O) groups excluding carboxylic acids is 2. The van der Waals surface area contributed by atoms with E-state index < -0.39 is 0 Å². The van der Waals surface area contributed by atoms with Gasteiger partial charge in [-0.25, -0.2) is 0 Å². The number of hydrogen-bond donors (Lipinski definition) is 1. The van der Waals surface area contributed by atoms with E-state index >= 15 is 0 Å². The van der Waals surface area contributed by atoms with Gasteiger partial charge in [-0.15, -0.1) is 0 Å². The van der Waals surface area contributed by atoms with Crippen LogP contribution in [0, 0.1) is 11.8 Å². The number of fused-ring (bicyclic) bond motifs is 1. The highest BCUT2D eigenvalue weighted by Gasteiger charge is 2.39. The summed E-state index contributed by atoms with van der Waals surface area (Å²) in [5.74, 6) is 1.04. The van der Waals surface area contributed by atoms with Crippen molar-refractivity contribution in [3.05, 3.63) is 0 Å². The Balaban J connectivity index is 1.59. The van der Waals surface area contributed by atoms with Gasteiger partial charge in [0.25, 0.3) is 0 Å². The van der Waals surface area contributed by atoms with E-state index in [9.17, 15) is 9.59 Å². The second-order valence-electron chi connectivity index (χ2n) is 7.04. The molecule has 21 heavy (non-hydrogen) atoms. The second-order valence-corrected chi connectivity index (χ2v) is 7.04. The Labute approximate surface area is 126 Å². The monoisotopic (exact) mass is 293 g/mol. The first kappa shape index (κ1) is 14.8. The first-order chi connectivity index (χ1) is 10.1. The Morgan fingerprint density at radius 1 is 1.29 bits per heavy atom. The standard InChI is InChI=1S/C16H27N3O2/c1-11(12-3-2-4-13(17)9-12)16(21)18-7-8-19-14(10-18)5-6-15(19)20/h11-14H,2-10,17H2,1H3. The van der Waals surface area contributed by atoms with Gasteiger partial charge in [-0.05, 0) is 31.6 Å². The molecule has 0 bridgehead atoms. The Morgan fingerprint density at radius 2 is 2.10 bits per heavy atom. The highest BCUT2D eigenvalue weighted by atomic mass is 16.2. The van der Waals surface area contributed by atoms with E-state index in [1.54, 1.807) is 0 Å². The fourth-order valence-corrected chi connectivity index (χ4v) is 4.28. The number of amides is 2. The van der Waals surface area contributed by atoms with Gasteiger partial charge >= 0.3 is 0 Å². The molecule has 1 aliphatic carbocycles. The van der Waals surface area contributed by atoms with Crippen molar-refractivity contribution in [1.82, 2.24) is 9.80 Å². The maximum atomic E-state index is 12.8. The minimum Gasteiger partial charge on any atom is -0.339 e. The molecule has 5 heteroatoms. The lowest BCUT2D eigenvalue weighted by Gasteiger charge is -2.40. The largest absolute Gasteiger partial charge is 0.339 e. The minimum atomic E-state index is 0.0694. The smallest absolute Gasteiger partial charge is 0.225 e. The third kappa shape index (κ3) is 2.93. The number of rotatable bonds is 2. The third-order valence-corrected chi connectivity index (χ3v) is 5.66. The van der Waals surface area contributed by atoms with Crippen molar-refractivity contribution in [3.63, 3.8) is 0 Å². The van der Waals surface area contributed by atoms with Gasteiger partial charge in [-0.1, -0.05) is 13.3 Å². The highest BCUT2D eigenvalue weighted by Crippen LogP contribution is 2.31. The summed E-state index contributed by atoms with van der Waals surface area (Å²) in [6.45, 7) is 4.21. The molecule has 2 amide bonds. The summed E-state index contributed by atoms with van der Waals surface area (Å²) < 4.78 is 0. The number of piperazine rings is 1. The molecule has 2 heterocycles. The van der Waals surface area contributed by atoms with Gasteiger partial charge in [0.1, 0.15) is 0 Å². The average Bonchev–Trinajstić information content (AvgIpc) is 2.86. The van der Waals surface area contributed by atoms with Crippen LogP contribution in [-0.2, 0) is 9.59 Å². The lowest BCUT2D eigenvalue weighted by atomic mass is 9.78. The van der Waals surface area contributed by atoms with E-state index in [0.29, 0.717) is 25.4 Å². The van der Waals surface area contributed by atoms with E-state index in [-0.39, 0.29) is 29.8 Å². The minimum absolute atomic E-state index is 0.0694. The second kappa shape index (κ2) is 5.95. The van der Waals surface area contributed by atoms with Crippen molar-refractivity contribution in [2.24, 2.45) is 17.6 Å². The number of carbonyl (C=O) groups is 2. The quantitative estimate of drug-likeness (QED) is 0.825. The van der Waals surface area contributed by atoms with E-state index in [1.807, 2.05) is 9.80 Å². The van der Waals surface area contributed by atoms with Crippen LogP contribution < -0.4 is 5.73 Å². The molecule has 1 saturated carbocycles. The first-order valence-electron chi connectivity index (χ1n) is 8.40. The van der Waals surface area contributed by atoms with E-state index in [4.69, 9.17) is 5.73 Å². The molecule has 3 rings (SSSR count). The Hall–Kier alpha value is -1.10. The Morgan fingerprint density at radius 3 is 2.86 bits per heavy atom. The van der Waals surface area contributed by atoms with Crippen LogP contribution in [0.3, 0.4) is 0 Å². The van der Waals surface area contributed by atoms with Crippen LogP contribution in [0.4, 0.5) is 0 Å². The van der Waals surface area contributed by atoms with Crippen LogP contribution in [0.15, 0.2) is 0 Å². The van der Waals surface area contributed by atoms with Crippen LogP contribution >= 0.6 is 0 Å². The maximum absolute atomic E-state index is 12.8. The summed E-state index contributed by atoms with van der Waals surface area (Å²) in [6.07, 6.45) is 5.91. The summed E-state index contributed by atoms with van der Waals surface area (Å²) in [5, 5.41) is 0. The van der Waals surface area contributed by atoms with Gasteiger partial charge in [0.2, 0.25) is 11.8 Å². The molecule has 0 aromatic heterocycles. The molecule has 4 atom stereocenters. The Kier molecular flexibility index (Phi) is 4.20. The molecule has 5 nitrogen and oxygen atoms in total. The number of hydrogen-bond acceptors (Lipinski definition) is 3. The molecule has 0 spiro atoms. The number of nitrogens with two attached hydrogens (primary N) is 1. The summed E-state index contributed by atoms with van der Waals surface area (Å²) in [4.78, 5) is 28.4. The molecule has 2 aliphatic heterocycles. The summed E-state index contributed by atoms with van der Waals surface area (Å²) in [5.41, 5.74) is 6.06. The van der Waals surface area contributed by atoms with E-state index in [1.165, 1.54) is 0 Å². The highest BCUT2D eigenvalue weighted by molar-refractivity contribution is 5.81. The van der Waals surface area contributed by atoms with E-state index in [2.05, 4.69) is 6.92 Å². The summed E-state index contributed by atoms with van der Waals surface area (Å²) in [6, 6.07) is 0.527. The molecule has 3 fully saturated rings. The Bertz CT molecular complexity index is 426. The van der Waals surface area contributed by atoms with Crippen molar-refractivity contribution in [1.29, 1.82) is 0 Å². The van der Waals surface area contributed by atoms with Gasteiger partial charge in [0.05, 0.1) is 0 Å². The van der Waals surface area contributed by atoms with Crippen LogP contribution in [0.5, 0.6) is 0 Å².